The standard InChI is InChI=1S/C8H12IN3/c9-12-5-1-2-7(6-12)8-10-3-4-11-8/h3-4,7H,1-2,5-6H2,(H,10,11). The maximum absolute atomic E-state index is 4.29. The van der Waals surface area contributed by atoms with Crippen molar-refractivity contribution in [1.29, 1.82) is 0 Å². The van der Waals surface area contributed by atoms with E-state index in [0.717, 1.165) is 12.4 Å². The molecule has 0 spiro atoms. The number of nitrogens with one attached hydrogen (secondary N) is 1. The number of aromatic nitrogens is 2. The van der Waals surface area contributed by atoms with E-state index in [2.05, 4.69) is 35.9 Å². The van der Waals surface area contributed by atoms with Gasteiger partial charge in [0.2, 0.25) is 0 Å². The third-order valence-electron chi connectivity index (χ3n) is 2.28. The van der Waals surface area contributed by atoms with E-state index in [-0.39, 0.29) is 0 Å². The first-order valence-corrected chi connectivity index (χ1v) is 5.23. The zero-order valence-corrected chi connectivity index (χ0v) is 8.99. The van der Waals surface area contributed by atoms with E-state index in [1.165, 1.54) is 19.4 Å². The molecule has 12 heavy (non-hydrogen) atoms. The summed E-state index contributed by atoms with van der Waals surface area (Å²) in [6, 6.07) is 0. The molecule has 1 atom stereocenters. The normalized spacial score (nSPS) is 25.9. The second kappa shape index (κ2) is 3.74. The number of piperidine rings is 1. The highest BCUT2D eigenvalue weighted by molar-refractivity contribution is 14.1. The average Bonchev–Trinajstić information content (AvgIpc) is 2.56. The Balaban J connectivity index is 2.04. The highest BCUT2D eigenvalue weighted by atomic mass is 127. The van der Waals surface area contributed by atoms with Crippen LogP contribution in [0.25, 0.3) is 0 Å². The Kier molecular flexibility index (Phi) is 2.65. The van der Waals surface area contributed by atoms with Gasteiger partial charge in [0.05, 0.1) is 0 Å². The van der Waals surface area contributed by atoms with Crippen molar-refractivity contribution in [1.82, 2.24) is 13.1 Å². The van der Waals surface area contributed by atoms with Crippen LogP contribution in [0.15, 0.2) is 12.4 Å². The summed E-state index contributed by atoms with van der Waals surface area (Å²) >= 11 is 2.39. The number of nitrogens with zero attached hydrogens (tertiary/aromatic N) is 2. The molecule has 0 aliphatic carbocycles. The van der Waals surface area contributed by atoms with E-state index in [9.17, 15) is 0 Å². The zero-order chi connectivity index (χ0) is 8.39. The Morgan fingerprint density at radius 1 is 1.67 bits per heavy atom. The molecule has 1 aliphatic rings. The molecule has 1 fully saturated rings. The molecule has 0 amide bonds. The minimum absolute atomic E-state index is 0.616. The highest BCUT2D eigenvalue weighted by Crippen LogP contribution is 2.25. The molecule has 0 saturated carbocycles. The van der Waals surface area contributed by atoms with Gasteiger partial charge >= 0.3 is 0 Å². The number of halogens is 1. The van der Waals surface area contributed by atoms with E-state index in [1.54, 1.807) is 0 Å². The molecule has 2 rings (SSSR count). The van der Waals surface area contributed by atoms with Gasteiger partial charge in [-0.1, -0.05) is 0 Å². The Labute approximate surface area is 86.1 Å². The van der Waals surface area contributed by atoms with Crippen molar-refractivity contribution in [3.8, 4) is 0 Å². The molecule has 2 heterocycles. The molecule has 3 nitrogen and oxygen atoms in total. The molecule has 1 aromatic rings. The van der Waals surface area contributed by atoms with Crippen LogP contribution in [0.5, 0.6) is 0 Å². The smallest absolute Gasteiger partial charge is 0.110 e. The van der Waals surface area contributed by atoms with Crippen LogP contribution in [-0.4, -0.2) is 26.2 Å². The number of aromatic amines is 1. The van der Waals surface area contributed by atoms with Crippen LogP contribution < -0.4 is 0 Å². The number of hydrogen-bond acceptors (Lipinski definition) is 2. The molecule has 0 bridgehead atoms. The van der Waals surface area contributed by atoms with Gasteiger partial charge in [-0.05, 0) is 12.8 Å². The maximum atomic E-state index is 4.29. The highest BCUT2D eigenvalue weighted by Gasteiger charge is 2.20. The van der Waals surface area contributed by atoms with Gasteiger partial charge in [-0.25, -0.2) is 8.10 Å². The first kappa shape index (κ1) is 8.50. The van der Waals surface area contributed by atoms with Gasteiger partial charge in [-0.15, -0.1) is 0 Å². The van der Waals surface area contributed by atoms with Gasteiger partial charge in [0.1, 0.15) is 5.82 Å². The largest absolute Gasteiger partial charge is 0.348 e. The summed E-state index contributed by atoms with van der Waals surface area (Å²) in [7, 11) is 0. The summed E-state index contributed by atoms with van der Waals surface area (Å²) in [6.07, 6.45) is 6.30. The van der Waals surface area contributed by atoms with Gasteiger partial charge < -0.3 is 4.98 Å². The maximum Gasteiger partial charge on any atom is 0.110 e. The minimum atomic E-state index is 0.616. The van der Waals surface area contributed by atoms with E-state index >= 15 is 0 Å². The van der Waals surface area contributed by atoms with Gasteiger partial charge in [0.25, 0.3) is 0 Å². The summed E-state index contributed by atoms with van der Waals surface area (Å²) in [5.41, 5.74) is 0. The summed E-state index contributed by atoms with van der Waals surface area (Å²) in [5.74, 6) is 1.77. The molecule has 1 aromatic heterocycles. The molecule has 1 N–H and O–H groups in total. The molecular weight excluding hydrogens is 265 g/mol. The van der Waals surface area contributed by atoms with Crippen LogP contribution in [0.1, 0.15) is 24.6 Å². The lowest BCUT2D eigenvalue weighted by atomic mass is 9.99. The first-order valence-electron chi connectivity index (χ1n) is 4.26. The van der Waals surface area contributed by atoms with Crippen LogP contribution >= 0.6 is 22.9 Å². The van der Waals surface area contributed by atoms with E-state index in [0.29, 0.717) is 5.92 Å². The van der Waals surface area contributed by atoms with Crippen molar-refractivity contribution < 1.29 is 0 Å². The number of H-pyrrole nitrogens is 1. The second-order valence-corrected chi connectivity index (χ2v) is 4.55. The minimum Gasteiger partial charge on any atom is -0.348 e. The fourth-order valence-electron chi connectivity index (χ4n) is 1.65. The van der Waals surface area contributed by atoms with Gasteiger partial charge in [-0.2, -0.15) is 0 Å². The van der Waals surface area contributed by atoms with Crippen LogP contribution in [0.4, 0.5) is 0 Å². The van der Waals surface area contributed by atoms with Crippen molar-refractivity contribution in [2.45, 2.75) is 18.8 Å². The predicted molar refractivity (Wildman–Crippen MR) is 56.2 cm³/mol. The molecule has 0 aromatic carbocycles. The van der Waals surface area contributed by atoms with Crippen LogP contribution in [0, 0.1) is 0 Å². The lowest BCUT2D eigenvalue weighted by molar-refractivity contribution is 0.357. The predicted octanol–water partition coefficient (Wildman–Crippen LogP) is 1.94. The van der Waals surface area contributed by atoms with Crippen molar-refractivity contribution in [3.05, 3.63) is 18.2 Å². The van der Waals surface area contributed by atoms with E-state index in [1.807, 2.05) is 12.4 Å². The Morgan fingerprint density at radius 3 is 3.25 bits per heavy atom. The van der Waals surface area contributed by atoms with Crippen LogP contribution in [0.3, 0.4) is 0 Å². The van der Waals surface area contributed by atoms with Gasteiger partial charge in [-0.3, -0.25) is 0 Å². The van der Waals surface area contributed by atoms with Crippen molar-refractivity contribution in [2.75, 3.05) is 13.1 Å². The summed E-state index contributed by atoms with van der Waals surface area (Å²) in [5, 5.41) is 0. The molecule has 66 valence electrons. The summed E-state index contributed by atoms with van der Waals surface area (Å²) in [6.45, 7) is 2.35. The molecule has 0 radical (unpaired) electrons. The topological polar surface area (TPSA) is 31.9 Å². The Hall–Kier alpha value is -0.100. The fraction of sp³-hybridized carbons (Fsp3) is 0.625. The lowest BCUT2D eigenvalue weighted by Gasteiger charge is -2.26. The average molecular weight is 277 g/mol. The quantitative estimate of drug-likeness (QED) is 0.628. The third-order valence-corrected chi connectivity index (χ3v) is 3.15. The molecule has 1 unspecified atom stereocenters. The first-order chi connectivity index (χ1) is 5.86. The number of rotatable bonds is 1. The molecule has 4 heteroatoms. The fourth-order valence-corrected chi connectivity index (χ4v) is 2.47. The second-order valence-electron chi connectivity index (χ2n) is 3.18. The van der Waals surface area contributed by atoms with Crippen molar-refractivity contribution >= 4 is 22.9 Å². The van der Waals surface area contributed by atoms with Gasteiger partial charge in [0, 0.05) is 54.3 Å². The number of imidazole rings is 1. The van der Waals surface area contributed by atoms with Gasteiger partial charge in [0.15, 0.2) is 0 Å². The molecule has 1 aliphatic heterocycles. The van der Waals surface area contributed by atoms with Crippen LogP contribution in [-0.2, 0) is 0 Å². The lowest BCUT2D eigenvalue weighted by Crippen LogP contribution is -2.26. The summed E-state index contributed by atoms with van der Waals surface area (Å²) in [4.78, 5) is 7.48. The third kappa shape index (κ3) is 1.80. The van der Waals surface area contributed by atoms with Crippen molar-refractivity contribution in [3.63, 3.8) is 0 Å². The SMILES string of the molecule is IN1CCCC(c2ncc[nH]2)C1. The Bertz CT molecular complexity index is 234. The monoisotopic (exact) mass is 277 g/mol. The Morgan fingerprint density at radius 2 is 2.58 bits per heavy atom. The van der Waals surface area contributed by atoms with Crippen molar-refractivity contribution in [2.24, 2.45) is 0 Å². The zero-order valence-electron chi connectivity index (χ0n) is 6.83. The van der Waals surface area contributed by atoms with Crippen LogP contribution in [0.2, 0.25) is 0 Å². The van der Waals surface area contributed by atoms with E-state index in [4.69, 9.17) is 0 Å². The molecular formula is C8H12IN3. The molecule has 1 saturated heterocycles. The summed E-state index contributed by atoms with van der Waals surface area (Å²) < 4.78 is 2.34. The van der Waals surface area contributed by atoms with E-state index < -0.39 is 0 Å². The number of hydrogen-bond donors (Lipinski definition) is 1.